The number of hydrogen-bond donors (Lipinski definition) is 2. The molecule has 3 atom stereocenters. The molecule has 1 aromatic heterocycles. The van der Waals surface area contributed by atoms with E-state index in [1.807, 2.05) is 45.9 Å². The first-order valence-corrected chi connectivity index (χ1v) is 12.7. The van der Waals surface area contributed by atoms with Gasteiger partial charge in [0, 0.05) is 11.7 Å². The first kappa shape index (κ1) is 23.1. The lowest BCUT2D eigenvalue weighted by atomic mass is 9.78. The van der Waals surface area contributed by atoms with Gasteiger partial charge in [-0.2, -0.15) is 0 Å². The number of phenols is 1. The number of phenolic OH excluding ortho intramolecular Hbond substituents is 1. The van der Waals surface area contributed by atoms with E-state index in [9.17, 15) is 9.67 Å². The van der Waals surface area contributed by atoms with Gasteiger partial charge in [0.2, 0.25) is 0 Å². The van der Waals surface area contributed by atoms with Crippen molar-refractivity contribution in [1.82, 2.24) is 4.98 Å². The van der Waals surface area contributed by atoms with E-state index >= 15 is 0 Å². The quantitative estimate of drug-likeness (QED) is 0.555. The van der Waals surface area contributed by atoms with E-state index in [2.05, 4.69) is 10.3 Å². The fourth-order valence-corrected chi connectivity index (χ4v) is 8.06. The summed E-state index contributed by atoms with van der Waals surface area (Å²) >= 11 is 0. The standard InChI is InChI=1S/C24H33N2O5P/c1-16-9-11-19(17(2)25-16)26-22-8-6-7-13-24(22,32(28)30-15-23(3,4)31-32)18-10-12-20(27)21(14-18)29-5/h9-12,14,22,26-27H,6-8,13,15H2,1-5H3. The summed E-state index contributed by atoms with van der Waals surface area (Å²) < 4.78 is 32.2. The maximum atomic E-state index is 14.5. The van der Waals surface area contributed by atoms with E-state index in [0.29, 0.717) is 12.2 Å². The number of anilines is 1. The smallest absolute Gasteiger partial charge is 0.343 e. The molecule has 1 saturated carbocycles. The molecule has 2 aliphatic rings. The molecule has 3 unspecified atom stereocenters. The fraction of sp³-hybridized carbons (Fsp3) is 0.542. The highest BCUT2D eigenvalue weighted by molar-refractivity contribution is 7.55. The second-order valence-corrected chi connectivity index (χ2v) is 11.7. The topological polar surface area (TPSA) is 89.9 Å². The lowest BCUT2D eigenvalue weighted by molar-refractivity contribution is 0.132. The fourth-order valence-electron chi connectivity index (χ4n) is 4.97. The minimum absolute atomic E-state index is 0.0390. The number of ether oxygens (including phenoxy) is 1. The molecule has 0 spiro atoms. The molecule has 8 heteroatoms. The number of hydrogen-bond acceptors (Lipinski definition) is 7. The summed E-state index contributed by atoms with van der Waals surface area (Å²) in [5.41, 5.74) is 2.88. The molecule has 7 nitrogen and oxygen atoms in total. The number of aromatic nitrogens is 1. The Morgan fingerprint density at radius 3 is 2.66 bits per heavy atom. The number of aryl methyl sites for hydroxylation is 2. The van der Waals surface area contributed by atoms with Gasteiger partial charge < -0.3 is 19.7 Å². The number of rotatable bonds is 5. The number of aromatic hydroxyl groups is 1. The summed E-state index contributed by atoms with van der Waals surface area (Å²) in [4.78, 5) is 4.59. The summed E-state index contributed by atoms with van der Waals surface area (Å²) in [6.07, 6.45) is 3.32. The molecule has 32 heavy (non-hydrogen) atoms. The molecule has 0 amide bonds. The number of nitrogens with one attached hydrogen (secondary N) is 1. The lowest BCUT2D eigenvalue weighted by Crippen LogP contribution is -2.47. The van der Waals surface area contributed by atoms with Crippen molar-refractivity contribution in [2.45, 2.75) is 70.2 Å². The maximum absolute atomic E-state index is 14.5. The van der Waals surface area contributed by atoms with Crippen LogP contribution in [0, 0.1) is 13.8 Å². The second kappa shape index (κ2) is 8.36. The van der Waals surface area contributed by atoms with Gasteiger partial charge in [0.15, 0.2) is 11.5 Å². The minimum Gasteiger partial charge on any atom is -0.504 e. The highest BCUT2D eigenvalue weighted by atomic mass is 31.2. The van der Waals surface area contributed by atoms with Crippen LogP contribution in [-0.4, -0.2) is 35.5 Å². The van der Waals surface area contributed by atoms with Crippen molar-refractivity contribution < 1.29 is 23.5 Å². The first-order chi connectivity index (χ1) is 15.1. The maximum Gasteiger partial charge on any atom is 0.343 e. The Bertz CT molecular complexity index is 1060. The molecule has 2 aromatic rings. The average molecular weight is 461 g/mol. The second-order valence-electron chi connectivity index (χ2n) is 9.46. The summed E-state index contributed by atoms with van der Waals surface area (Å²) in [6, 6.07) is 8.95. The molecule has 0 bridgehead atoms. The molecular weight excluding hydrogens is 427 g/mol. The van der Waals surface area contributed by atoms with Crippen LogP contribution in [0.5, 0.6) is 11.5 Å². The van der Waals surface area contributed by atoms with Crippen molar-refractivity contribution in [3.05, 3.63) is 47.3 Å². The Labute approximate surface area is 190 Å². The van der Waals surface area contributed by atoms with Crippen molar-refractivity contribution in [2.75, 3.05) is 19.0 Å². The molecule has 2 N–H and O–H groups in total. The van der Waals surface area contributed by atoms with Crippen LogP contribution in [0.1, 0.15) is 56.5 Å². The van der Waals surface area contributed by atoms with Crippen molar-refractivity contribution in [2.24, 2.45) is 0 Å². The lowest BCUT2D eigenvalue weighted by Gasteiger charge is -2.47. The van der Waals surface area contributed by atoms with Gasteiger partial charge in [-0.25, -0.2) is 0 Å². The molecule has 1 aliphatic heterocycles. The van der Waals surface area contributed by atoms with Crippen molar-refractivity contribution >= 4 is 13.3 Å². The van der Waals surface area contributed by atoms with Gasteiger partial charge >= 0.3 is 7.60 Å². The van der Waals surface area contributed by atoms with Crippen LogP contribution in [0.25, 0.3) is 0 Å². The zero-order chi connectivity index (χ0) is 23.1. The molecular formula is C24H33N2O5P. The third-order valence-electron chi connectivity index (χ3n) is 6.55. The van der Waals surface area contributed by atoms with E-state index in [1.54, 1.807) is 12.1 Å². The van der Waals surface area contributed by atoms with Gasteiger partial charge in [-0.1, -0.05) is 18.9 Å². The summed E-state index contributed by atoms with van der Waals surface area (Å²) in [5, 5.41) is 12.9. The van der Waals surface area contributed by atoms with E-state index in [-0.39, 0.29) is 18.4 Å². The van der Waals surface area contributed by atoms with Gasteiger partial charge in [-0.05, 0) is 70.4 Å². The van der Waals surface area contributed by atoms with Crippen LogP contribution in [0.2, 0.25) is 0 Å². The molecule has 174 valence electrons. The largest absolute Gasteiger partial charge is 0.504 e. The highest BCUT2D eigenvalue weighted by Crippen LogP contribution is 2.74. The van der Waals surface area contributed by atoms with E-state index < -0.39 is 18.4 Å². The zero-order valence-electron chi connectivity index (χ0n) is 19.5. The summed E-state index contributed by atoms with van der Waals surface area (Å²) in [7, 11) is -2.09. The predicted molar refractivity (Wildman–Crippen MR) is 125 cm³/mol. The van der Waals surface area contributed by atoms with Crippen molar-refractivity contribution in [1.29, 1.82) is 0 Å². The Balaban J connectivity index is 1.88. The van der Waals surface area contributed by atoms with Crippen LogP contribution < -0.4 is 10.1 Å². The Morgan fingerprint density at radius 1 is 1.22 bits per heavy atom. The molecule has 0 radical (unpaired) electrons. The van der Waals surface area contributed by atoms with Gasteiger partial charge in [0.05, 0.1) is 30.7 Å². The Kier molecular flexibility index (Phi) is 6.03. The average Bonchev–Trinajstić information content (AvgIpc) is 3.05. The number of nitrogens with zero attached hydrogens (tertiary/aromatic N) is 1. The van der Waals surface area contributed by atoms with Gasteiger partial charge in [-0.3, -0.25) is 14.1 Å². The normalized spacial score (nSPS) is 29.6. The molecule has 2 fully saturated rings. The monoisotopic (exact) mass is 460 g/mol. The van der Waals surface area contributed by atoms with E-state index in [1.165, 1.54) is 7.11 Å². The van der Waals surface area contributed by atoms with E-state index in [0.717, 1.165) is 41.9 Å². The number of methoxy groups -OCH3 is 1. The van der Waals surface area contributed by atoms with Crippen LogP contribution in [0.15, 0.2) is 30.3 Å². The minimum atomic E-state index is -3.60. The van der Waals surface area contributed by atoms with Gasteiger partial charge in [0.1, 0.15) is 5.16 Å². The van der Waals surface area contributed by atoms with Gasteiger partial charge in [0.25, 0.3) is 0 Å². The molecule has 1 saturated heterocycles. The van der Waals surface area contributed by atoms with Crippen molar-refractivity contribution in [3.63, 3.8) is 0 Å². The number of pyridine rings is 1. The van der Waals surface area contributed by atoms with Crippen LogP contribution in [-0.2, 0) is 18.8 Å². The Morgan fingerprint density at radius 2 is 2.00 bits per heavy atom. The zero-order valence-corrected chi connectivity index (χ0v) is 20.4. The third-order valence-corrected chi connectivity index (χ3v) is 9.52. The van der Waals surface area contributed by atoms with E-state index in [4.69, 9.17) is 13.8 Å². The van der Waals surface area contributed by atoms with Crippen LogP contribution >= 0.6 is 7.60 Å². The highest BCUT2D eigenvalue weighted by Gasteiger charge is 2.62. The third kappa shape index (κ3) is 3.91. The van der Waals surface area contributed by atoms with Crippen LogP contribution in [0.4, 0.5) is 5.69 Å². The van der Waals surface area contributed by atoms with Gasteiger partial charge in [-0.15, -0.1) is 0 Å². The predicted octanol–water partition coefficient (Wildman–Crippen LogP) is 5.68. The molecule has 4 rings (SSSR count). The molecule has 1 aliphatic carbocycles. The SMILES string of the molecule is COc1cc(C2(P3(=O)OCC(C)(C)O3)CCCCC2Nc2ccc(C)nc2C)ccc1O. The molecule has 2 heterocycles. The summed E-state index contributed by atoms with van der Waals surface area (Å²) in [5.74, 6) is 0.376. The summed E-state index contributed by atoms with van der Waals surface area (Å²) in [6.45, 7) is 8.00. The van der Waals surface area contributed by atoms with Crippen molar-refractivity contribution in [3.8, 4) is 11.5 Å². The van der Waals surface area contributed by atoms with Crippen LogP contribution in [0.3, 0.4) is 0 Å². The Hall–Kier alpha value is -2.08. The molecule has 1 aromatic carbocycles. The first-order valence-electron chi connectivity index (χ1n) is 11.1. The number of benzene rings is 1.